The van der Waals surface area contributed by atoms with E-state index in [0.29, 0.717) is 47.6 Å². The van der Waals surface area contributed by atoms with E-state index in [1.54, 1.807) is 30.3 Å². The summed E-state index contributed by atoms with van der Waals surface area (Å²) in [6.45, 7) is 1.37. The Hall–Kier alpha value is -1.64. The van der Waals surface area contributed by atoms with Gasteiger partial charge in [-0.25, -0.2) is 8.42 Å². The topological polar surface area (TPSA) is 75.7 Å². The predicted molar refractivity (Wildman–Crippen MR) is 105 cm³/mol. The van der Waals surface area contributed by atoms with E-state index >= 15 is 0 Å². The summed E-state index contributed by atoms with van der Waals surface area (Å²) in [6.07, 6.45) is 0.0520. The Kier molecular flexibility index (Phi) is 6.39. The first-order valence-electron chi connectivity index (χ1n) is 8.28. The average Bonchev–Trinajstić information content (AvgIpc) is 2.65. The zero-order valence-corrected chi connectivity index (χ0v) is 16.6. The highest BCUT2D eigenvalue weighted by atomic mass is 35.5. The quantitative estimate of drug-likeness (QED) is 0.792. The van der Waals surface area contributed by atoms with Gasteiger partial charge in [-0.3, -0.25) is 4.79 Å². The molecule has 0 aromatic heterocycles. The van der Waals surface area contributed by atoms with E-state index in [-0.39, 0.29) is 17.2 Å². The van der Waals surface area contributed by atoms with Crippen LogP contribution in [0.2, 0.25) is 10.0 Å². The van der Waals surface area contributed by atoms with E-state index in [0.717, 1.165) is 0 Å². The van der Waals surface area contributed by atoms with Gasteiger partial charge in [-0.1, -0.05) is 35.3 Å². The highest BCUT2D eigenvalue weighted by Crippen LogP contribution is 2.23. The molecular formula is C18H18Cl2N2O4S. The van der Waals surface area contributed by atoms with Crippen molar-refractivity contribution < 1.29 is 17.9 Å². The molecule has 2 aromatic rings. The van der Waals surface area contributed by atoms with Crippen molar-refractivity contribution in [2.75, 3.05) is 31.6 Å². The number of sulfonamides is 1. The van der Waals surface area contributed by atoms with Gasteiger partial charge in [-0.2, -0.15) is 4.31 Å². The van der Waals surface area contributed by atoms with Crippen LogP contribution in [0.5, 0.6) is 0 Å². The van der Waals surface area contributed by atoms with Gasteiger partial charge < -0.3 is 10.1 Å². The summed E-state index contributed by atoms with van der Waals surface area (Å²) in [5.74, 6) is -0.305. The zero-order valence-electron chi connectivity index (χ0n) is 14.3. The lowest BCUT2D eigenvalue weighted by atomic mass is 10.1. The number of hydrogen-bond acceptors (Lipinski definition) is 4. The lowest BCUT2D eigenvalue weighted by molar-refractivity contribution is -0.115. The number of nitrogens with zero attached hydrogens (tertiary/aromatic N) is 1. The molecule has 1 saturated heterocycles. The van der Waals surface area contributed by atoms with E-state index in [1.807, 2.05) is 0 Å². The fourth-order valence-corrected chi connectivity index (χ4v) is 4.64. The molecule has 1 amide bonds. The Labute approximate surface area is 168 Å². The first kappa shape index (κ1) is 20.1. The van der Waals surface area contributed by atoms with E-state index in [2.05, 4.69) is 5.32 Å². The first-order valence-corrected chi connectivity index (χ1v) is 10.5. The average molecular weight is 429 g/mol. The minimum atomic E-state index is -3.62. The van der Waals surface area contributed by atoms with Crippen LogP contribution in [0.4, 0.5) is 5.69 Å². The number of morpholine rings is 1. The molecule has 0 radical (unpaired) electrons. The number of hydrogen-bond donors (Lipinski definition) is 1. The Morgan fingerprint density at radius 1 is 1.11 bits per heavy atom. The van der Waals surface area contributed by atoms with Gasteiger partial charge in [-0.05, 0) is 35.9 Å². The van der Waals surface area contributed by atoms with Gasteiger partial charge in [0.2, 0.25) is 15.9 Å². The SMILES string of the molecule is O=C(Cc1ccc(Cl)cc1Cl)Nc1cccc(S(=O)(=O)N2CCOCC2)c1. The number of carbonyl (C=O) groups is 1. The normalized spacial score (nSPS) is 15.5. The Morgan fingerprint density at radius 3 is 2.56 bits per heavy atom. The second kappa shape index (κ2) is 8.58. The van der Waals surface area contributed by atoms with E-state index in [1.165, 1.54) is 16.4 Å². The molecule has 6 nitrogen and oxygen atoms in total. The van der Waals surface area contributed by atoms with Crippen molar-refractivity contribution in [2.24, 2.45) is 0 Å². The van der Waals surface area contributed by atoms with Crippen LogP contribution in [-0.2, 0) is 26.0 Å². The second-order valence-electron chi connectivity index (χ2n) is 6.00. The van der Waals surface area contributed by atoms with Gasteiger partial charge in [-0.15, -0.1) is 0 Å². The van der Waals surface area contributed by atoms with E-state index in [4.69, 9.17) is 27.9 Å². The Morgan fingerprint density at radius 2 is 1.85 bits per heavy atom. The number of rotatable bonds is 5. The summed E-state index contributed by atoms with van der Waals surface area (Å²) in [5, 5.41) is 3.60. The number of ether oxygens (including phenoxy) is 1. The fraction of sp³-hybridized carbons (Fsp3) is 0.278. The van der Waals surface area contributed by atoms with Crippen molar-refractivity contribution in [1.82, 2.24) is 4.31 Å². The Balaban J connectivity index is 1.72. The lowest BCUT2D eigenvalue weighted by Crippen LogP contribution is -2.40. The maximum Gasteiger partial charge on any atom is 0.243 e. The third kappa shape index (κ3) is 5.00. The number of nitrogens with one attached hydrogen (secondary N) is 1. The van der Waals surface area contributed by atoms with Crippen LogP contribution in [0.1, 0.15) is 5.56 Å². The van der Waals surface area contributed by atoms with E-state index in [9.17, 15) is 13.2 Å². The number of anilines is 1. The molecule has 0 bridgehead atoms. The van der Waals surface area contributed by atoms with Crippen LogP contribution in [0.3, 0.4) is 0 Å². The second-order valence-corrected chi connectivity index (χ2v) is 8.79. The predicted octanol–water partition coefficient (Wildman–Crippen LogP) is 3.20. The Bertz CT molecular complexity index is 944. The number of carbonyl (C=O) groups excluding carboxylic acids is 1. The summed E-state index contributed by atoms with van der Waals surface area (Å²) >= 11 is 11.9. The molecule has 0 aliphatic carbocycles. The molecule has 0 spiro atoms. The molecule has 1 fully saturated rings. The molecular weight excluding hydrogens is 411 g/mol. The molecule has 2 aromatic carbocycles. The molecule has 144 valence electrons. The van der Waals surface area contributed by atoms with Crippen LogP contribution in [0.25, 0.3) is 0 Å². The summed E-state index contributed by atoms with van der Waals surface area (Å²) in [5.41, 5.74) is 1.04. The third-order valence-electron chi connectivity index (χ3n) is 4.09. The summed E-state index contributed by atoms with van der Waals surface area (Å²) in [6, 6.07) is 11.1. The highest BCUT2D eigenvalue weighted by Gasteiger charge is 2.26. The van der Waals surface area contributed by atoms with Crippen LogP contribution in [0, 0.1) is 0 Å². The third-order valence-corrected chi connectivity index (χ3v) is 6.57. The standard InChI is InChI=1S/C18H18Cl2N2O4S/c19-14-5-4-13(17(20)11-14)10-18(23)21-15-2-1-3-16(12-15)27(24,25)22-6-8-26-9-7-22/h1-5,11-12H,6-10H2,(H,21,23). The minimum Gasteiger partial charge on any atom is -0.379 e. The molecule has 27 heavy (non-hydrogen) atoms. The highest BCUT2D eigenvalue weighted by molar-refractivity contribution is 7.89. The fourth-order valence-electron chi connectivity index (χ4n) is 2.71. The van der Waals surface area contributed by atoms with Crippen molar-refractivity contribution in [3.63, 3.8) is 0 Å². The van der Waals surface area contributed by atoms with Crippen molar-refractivity contribution >= 4 is 44.8 Å². The zero-order chi connectivity index (χ0) is 19.4. The van der Waals surface area contributed by atoms with Crippen LogP contribution in [0.15, 0.2) is 47.4 Å². The molecule has 0 unspecified atom stereocenters. The maximum atomic E-state index is 12.7. The van der Waals surface area contributed by atoms with Gasteiger partial charge in [0, 0.05) is 28.8 Å². The molecule has 3 rings (SSSR count). The number of halogens is 2. The molecule has 1 heterocycles. The van der Waals surface area contributed by atoms with Gasteiger partial charge in [0.15, 0.2) is 0 Å². The monoisotopic (exact) mass is 428 g/mol. The van der Waals surface area contributed by atoms with Crippen molar-refractivity contribution in [2.45, 2.75) is 11.3 Å². The molecule has 1 aliphatic rings. The van der Waals surface area contributed by atoms with Crippen LogP contribution >= 0.6 is 23.2 Å². The van der Waals surface area contributed by atoms with Crippen molar-refractivity contribution in [3.8, 4) is 0 Å². The van der Waals surface area contributed by atoms with Gasteiger partial charge in [0.25, 0.3) is 0 Å². The number of benzene rings is 2. The lowest BCUT2D eigenvalue weighted by Gasteiger charge is -2.26. The van der Waals surface area contributed by atoms with Crippen LogP contribution in [-0.4, -0.2) is 44.9 Å². The largest absolute Gasteiger partial charge is 0.379 e. The minimum absolute atomic E-state index is 0.0520. The van der Waals surface area contributed by atoms with Gasteiger partial charge in [0.1, 0.15) is 0 Å². The smallest absolute Gasteiger partial charge is 0.243 e. The molecule has 9 heteroatoms. The molecule has 0 saturated carbocycles. The summed E-state index contributed by atoms with van der Waals surface area (Å²) in [4.78, 5) is 12.4. The van der Waals surface area contributed by atoms with Crippen LogP contribution < -0.4 is 5.32 Å². The summed E-state index contributed by atoms with van der Waals surface area (Å²) < 4.78 is 32.0. The summed E-state index contributed by atoms with van der Waals surface area (Å²) in [7, 11) is -3.62. The van der Waals surface area contributed by atoms with Crippen molar-refractivity contribution in [3.05, 3.63) is 58.1 Å². The molecule has 0 atom stereocenters. The van der Waals surface area contributed by atoms with E-state index < -0.39 is 10.0 Å². The number of amides is 1. The molecule has 1 aliphatic heterocycles. The molecule has 1 N–H and O–H groups in total. The van der Waals surface area contributed by atoms with Gasteiger partial charge >= 0.3 is 0 Å². The first-order chi connectivity index (χ1) is 12.9. The maximum absolute atomic E-state index is 12.7. The van der Waals surface area contributed by atoms with Gasteiger partial charge in [0.05, 0.1) is 24.5 Å². The van der Waals surface area contributed by atoms with Crippen molar-refractivity contribution in [1.29, 1.82) is 0 Å².